The second-order valence-electron chi connectivity index (χ2n) is 6.51. The van der Waals surface area contributed by atoms with E-state index in [0.717, 1.165) is 12.7 Å². The van der Waals surface area contributed by atoms with E-state index in [1.165, 1.54) is 4.57 Å². The first-order valence-corrected chi connectivity index (χ1v) is 10.1. The third kappa shape index (κ3) is 5.13. The Morgan fingerprint density at radius 2 is 1.94 bits per heavy atom. The zero-order valence-corrected chi connectivity index (χ0v) is 16.3. The summed E-state index contributed by atoms with van der Waals surface area (Å²) in [5.74, 6) is -2.87. The van der Waals surface area contributed by atoms with Gasteiger partial charge < -0.3 is 40.3 Å². The van der Waals surface area contributed by atoms with Crippen molar-refractivity contribution in [1.82, 2.24) is 19.5 Å². The molecule has 0 aliphatic carbocycles. The summed E-state index contributed by atoms with van der Waals surface area (Å²) in [5.41, 5.74) is 0.0733. The van der Waals surface area contributed by atoms with Crippen LogP contribution in [0.5, 0.6) is 0 Å². The summed E-state index contributed by atoms with van der Waals surface area (Å²) in [5, 5.41) is 40.9. The number of carboxylic acid groups (broad SMARTS) is 2. The molecule has 170 valence electrons. The largest absolute Gasteiger partial charge is 0.481 e. The van der Waals surface area contributed by atoms with Gasteiger partial charge in [0.1, 0.15) is 30.7 Å². The molecule has 0 amide bonds. The van der Waals surface area contributed by atoms with Crippen LogP contribution >= 0.6 is 7.82 Å². The molecule has 0 radical (unpaired) electrons. The summed E-state index contributed by atoms with van der Waals surface area (Å²) in [7, 11) is -4.83. The number of anilines is 1. The van der Waals surface area contributed by atoms with E-state index in [0.29, 0.717) is 0 Å². The van der Waals surface area contributed by atoms with Crippen molar-refractivity contribution in [3.05, 3.63) is 12.7 Å². The van der Waals surface area contributed by atoms with E-state index in [2.05, 4.69) is 24.8 Å². The van der Waals surface area contributed by atoms with Gasteiger partial charge in [-0.1, -0.05) is 0 Å². The van der Waals surface area contributed by atoms with Gasteiger partial charge in [-0.15, -0.1) is 0 Å². The number of carboxylic acids is 2. The average Bonchev–Trinajstić information content (AvgIpc) is 3.21. The van der Waals surface area contributed by atoms with E-state index in [9.17, 15) is 29.5 Å². The van der Waals surface area contributed by atoms with Crippen LogP contribution in [0.15, 0.2) is 12.7 Å². The normalized spacial score (nSPS) is 24.9. The number of aromatic nitrogens is 4. The maximum Gasteiger partial charge on any atom is 0.469 e. The average molecular weight is 463 g/mol. The molecular weight excluding hydrogens is 445 g/mol. The molecule has 5 atom stereocenters. The van der Waals surface area contributed by atoms with Crippen LogP contribution in [-0.4, -0.2) is 92.6 Å². The van der Waals surface area contributed by atoms with E-state index in [-0.39, 0.29) is 17.0 Å². The van der Waals surface area contributed by atoms with Crippen LogP contribution < -0.4 is 5.32 Å². The quantitative estimate of drug-likeness (QED) is 0.197. The maximum atomic E-state index is 11.3. The number of hydrogen-bond acceptors (Lipinski definition) is 11. The summed E-state index contributed by atoms with van der Waals surface area (Å²) in [6.45, 7) is -0.705. The predicted octanol–water partition coefficient (Wildman–Crippen LogP) is -2.11. The lowest BCUT2D eigenvalue weighted by molar-refractivity contribution is -0.144. The molecule has 1 saturated heterocycles. The second kappa shape index (κ2) is 8.80. The fourth-order valence-corrected chi connectivity index (χ4v) is 3.29. The Morgan fingerprint density at radius 1 is 1.23 bits per heavy atom. The van der Waals surface area contributed by atoms with Crippen LogP contribution in [0.4, 0.5) is 5.82 Å². The summed E-state index contributed by atoms with van der Waals surface area (Å²) in [6, 6.07) is -1.51. The third-order valence-corrected chi connectivity index (χ3v) is 4.85. The van der Waals surface area contributed by atoms with E-state index < -0.39 is 63.4 Å². The van der Waals surface area contributed by atoms with Gasteiger partial charge in [-0.05, 0) is 0 Å². The lowest BCUT2D eigenvalue weighted by Crippen LogP contribution is -2.33. The number of aliphatic hydroxyl groups excluding tert-OH is 2. The molecule has 2 aromatic rings. The predicted molar refractivity (Wildman–Crippen MR) is 96.5 cm³/mol. The lowest BCUT2D eigenvalue weighted by Gasteiger charge is -2.17. The van der Waals surface area contributed by atoms with Crippen molar-refractivity contribution in [2.75, 3.05) is 11.9 Å². The Hall–Kier alpha value is -2.72. The van der Waals surface area contributed by atoms with Crippen LogP contribution in [0.1, 0.15) is 12.6 Å². The van der Waals surface area contributed by atoms with Gasteiger partial charge in [0.2, 0.25) is 0 Å². The zero-order chi connectivity index (χ0) is 22.9. The van der Waals surface area contributed by atoms with Crippen molar-refractivity contribution in [2.45, 2.75) is 37.0 Å². The highest BCUT2D eigenvalue weighted by Gasteiger charge is 2.45. The SMILES string of the molecule is O=C(O)C[C@H](Nc1ncnc2c1ncn2[C@H]1OC(COP(=O)(O)O)[C@H](O)[C@@H]1O)C(=O)O. The number of aliphatic hydroxyl groups is 2. The number of carbonyl (C=O) groups is 2. The molecule has 0 aromatic carbocycles. The molecule has 1 unspecified atom stereocenters. The van der Waals surface area contributed by atoms with Crippen molar-refractivity contribution in [1.29, 1.82) is 0 Å². The number of imidazole rings is 1. The standard InChI is InChI=1S/C14H18N5O11P/c20-7(21)1-5(14(24)25)18-11-8-12(16-3-15-11)19(4-17-8)13-10(23)9(22)6(30-13)2-29-31(26,27)28/h3-6,9-10,13,22-23H,1-2H2,(H,20,21)(H,24,25)(H,15,16,18)(H2,26,27,28)/t5-,6?,9-,10-,13-/m0/s1. The van der Waals surface area contributed by atoms with Gasteiger partial charge in [0.15, 0.2) is 23.2 Å². The molecule has 0 saturated carbocycles. The molecule has 2 aromatic heterocycles. The van der Waals surface area contributed by atoms with E-state index in [1.807, 2.05) is 0 Å². The summed E-state index contributed by atoms with van der Waals surface area (Å²) >= 11 is 0. The van der Waals surface area contributed by atoms with Crippen LogP contribution in [0.2, 0.25) is 0 Å². The van der Waals surface area contributed by atoms with Gasteiger partial charge >= 0.3 is 19.8 Å². The Morgan fingerprint density at radius 3 is 2.55 bits per heavy atom. The number of rotatable bonds is 9. The van der Waals surface area contributed by atoms with E-state index in [1.54, 1.807) is 0 Å². The van der Waals surface area contributed by atoms with E-state index in [4.69, 9.17) is 19.6 Å². The molecule has 1 fully saturated rings. The van der Waals surface area contributed by atoms with Gasteiger partial charge in [-0.2, -0.15) is 0 Å². The molecule has 3 heterocycles. The zero-order valence-electron chi connectivity index (χ0n) is 15.4. The maximum absolute atomic E-state index is 11.3. The van der Waals surface area contributed by atoms with Gasteiger partial charge in [0, 0.05) is 0 Å². The molecule has 0 bridgehead atoms. The van der Waals surface area contributed by atoms with Crippen LogP contribution in [0.25, 0.3) is 11.2 Å². The van der Waals surface area contributed by atoms with Crippen molar-refractivity contribution in [2.24, 2.45) is 0 Å². The number of hydrogen-bond donors (Lipinski definition) is 7. The number of phosphoric ester groups is 1. The Bertz CT molecular complexity index is 1030. The second-order valence-corrected chi connectivity index (χ2v) is 7.75. The fraction of sp³-hybridized carbons (Fsp3) is 0.500. The number of fused-ring (bicyclic) bond motifs is 1. The number of nitrogens with zero attached hydrogens (tertiary/aromatic N) is 4. The Balaban J connectivity index is 1.86. The molecule has 3 rings (SSSR count). The minimum atomic E-state index is -4.83. The van der Waals surface area contributed by atoms with Crippen LogP contribution in [0.3, 0.4) is 0 Å². The lowest BCUT2D eigenvalue weighted by atomic mass is 10.1. The Kier molecular flexibility index (Phi) is 6.51. The topological polar surface area (TPSA) is 247 Å². The minimum absolute atomic E-state index is 0.0272. The van der Waals surface area contributed by atoms with Gasteiger partial charge in [-0.25, -0.2) is 24.3 Å². The molecule has 31 heavy (non-hydrogen) atoms. The monoisotopic (exact) mass is 463 g/mol. The summed E-state index contributed by atoms with van der Waals surface area (Å²) in [4.78, 5) is 51.6. The van der Waals surface area contributed by atoms with Crippen molar-refractivity contribution < 1.29 is 53.6 Å². The first-order valence-electron chi connectivity index (χ1n) is 8.58. The number of aliphatic carboxylic acids is 2. The fourth-order valence-electron chi connectivity index (χ4n) is 2.95. The minimum Gasteiger partial charge on any atom is -0.481 e. The summed E-state index contributed by atoms with van der Waals surface area (Å²) < 4.78 is 21.8. The smallest absolute Gasteiger partial charge is 0.469 e. The highest BCUT2D eigenvalue weighted by atomic mass is 31.2. The van der Waals surface area contributed by atoms with Crippen molar-refractivity contribution in [3.8, 4) is 0 Å². The van der Waals surface area contributed by atoms with Gasteiger partial charge in [-0.3, -0.25) is 13.9 Å². The van der Waals surface area contributed by atoms with Crippen molar-refractivity contribution >= 4 is 36.7 Å². The van der Waals surface area contributed by atoms with Gasteiger partial charge in [0.25, 0.3) is 0 Å². The molecule has 7 N–H and O–H groups in total. The van der Waals surface area contributed by atoms with Crippen LogP contribution in [0, 0.1) is 0 Å². The highest BCUT2D eigenvalue weighted by Crippen LogP contribution is 2.39. The number of ether oxygens (including phenoxy) is 1. The molecule has 17 heteroatoms. The first-order chi connectivity index (χ1) is 14.5. The van der Waals surface area contributed by atoms with Crippen molar-refractivity contribution in [3.63, 3.8) is 0 Å². The molecule has 1 aliphatic heterocycles. The highest BCUT2D eigenvalue weighted by molar-refractivity contribution is 7.46. The van der Waals surface area contributed by atoms with E-state index >= 15 is 0 Å². The molecule has 1 aliphatic rings. The Labute approximate surface area is 172 Å². The molecular formula is C14H18N5O11P. The molecule has 16 nitrogen and oxygen atoms in total. The number of phosphoric acid groups is 1. The summed E-state index contributed by atoms with van der Waals surface area (Å²) in [6.07, 6.45) is -4.20. The van der Waals surface area contributed by atoms with Gasteiger partial charge in [0.05, 0.1) is 19.4 Å². The number of nitrogens with one attached hydrogen (secondary N) is 1. The van der Waals surface area contributed by atoms with Crippen LogP contribution in [-0.2, 0) is 23.4 Å². The first kappa shape index (κ1) is 23.0. The third-order valence-electron chi connectivity index (χ3n) is 4.36. The molecule has 0 spiro atoms.